The maximum absolute atomic E-state index is 12.6. The van der Waals surface area contributed by atoms with Gasteiger partial charge in [-0.25, -0.2) is 4.98 Å². The zero-order chi connectivity index (χ0) is 20.4. The Morgan fingerprint density at radius 3 is 2.90 bits per heavy atom. The van der Waals surface area contributed by atoms with E-state index >= 15 is 0 Å². The van der Waals surface area contributed by atoms with Crippen LogP contribution in [-0.4, -0.2) is 29.9 Å². The Hall–Kier alpha value is -2.22. The number of nitrogens with one attached hydrogen (secondary N) is 1. The smallest absolute Gasteiger partial charge is 0.251 e. The summed E-state index contributed by atoms with van der Waals surface area (Å²) in [4.78, 5) is 33.1. The van der Waals surface area contributed by atoms with Crippen molar-refractivity contribution < 1.29 is 9.59 Å². The average Bonchev–Trinajstić information content (AvgIpc) is 3.43. The van der Waals surface area contributed by atoms with Crippen LogP contribution in [0, 0.1) is 6.92 Å². The highest BCUT2D eigenvalue weighted by atomic mass is 35.5. The normalized spacial score (nSPS) is 13.9. The van der Waals surface area contributed by atoms with Gasteiger partial charge in [-0.2, -0.15) is 0 Å². The lowest BCUT2D eigenvalue weighted by Gasteiger charge is -2.18. The largest absolute Gasteiger partial charge is 0.352 e. The van der Waals surface area contributed by atoms with Gasteiger partial charge >= 0.3 is 0 Å². The molecule has 2 aromatic heterocycles. The molecule has 8 heteroatoms. The van der Waals surface area contributed by atoms with Gasteiger partial charge in [-0.1, -0.05) is 11.6 Å². The van der Waals surface area contributed by atoms with Crippen molar-refractivity contribution >= 4 is 51.8 Å². The van der Waals surface area contributed by atoms with E-state index < -0.39 is 0 Å². The summed E-state index contributed by atoms with van der Waals surface area (Å²) in [5, 5.41) is 6.56. The van der Waals surface area contributed by atoms with Crippen LogP contribution >= 0.6 is 34.3 Å². The Morgan fingerprint density at radius 1 is 1.31 bits per heavy atom. The number of anilines is 1. The zero-order valence-corrected chi connectivity index (χ0v) is 18.3. The molecule has 150 valence electrons. The topological polar surface area (TPSA) is 62.3 Å². The number of thiophene rings is 1. The number of rotatable bonds is 6. The van der Waals surface area contributed by atoms with Crippen molar-refractivity contribution in [1.29, 1.82) is 0 Å². The maximum atomic E-state index is 12.6. The molecule has 0 atom stereocenters. The lowest BCUT2D eigenvalue weighted by atomic mass is 10.1. The van der Waals surface area contributed by atoms with E-state index in [1.54, 1.807) is 45.8 Å². The van der Waals surface area contributed by atoms with Gasteiger partial charge in [0.05, 0.1) is 26.3 Å². The van der Waals surface area contributed by atoms with E-state index in [-0.39, 0.29) is 11.8 Å². The van der Waals surface area contributed by atoms with Crippen LogP contribution < -0.4 is 10.2 Å². The van der Waals surface area contributed by atoms with Gasteiger partial charge in [-0.15, -0.1) is 22.7 Å². The second kappa shape index (κ2) is 8.65. The van der Waals surface area contributed by atoms with Crippen LogP contribution in [0.5, 0.6) is 0 Å². The molecule has 1 N–H and O–H groups in total. The summed E-state index contributed by atoms with van der Waals surface area (Å²) < 4.78 is 0. The lowest BCUT2D eigenvalue weighted by molar-refractivity contribution is -0.117. The summed E-state index contributed by atoms with van der Waals surface area (Å²) in [6.45, 7) is 3.18. The minimum Gasteiger partial charge on any atom is -0.352 e. The molecular weight excluding hydrogens is 426 g/mol. The Labute approximate surface area is 182 Å². The van der Waals surface area contributed by atoms with Gasteiger partial charge in [-0.3, -0.25) is 9.59 Å². The lowest BCUT2D eigenvalue weighted by Crippen LogP contribution is -2.27. The number of carbonyl (C=O) groups excluding carboxylic acids is 2. The molecule has 1 saturated heterocycles. The third-order valence-electron chi connectivity index (χ3n) is 4.76. The summed E-state index contributed by atoms with van der Waals surface area (Å²) in [6.07, 6.45) is 2.09. The summed E-state index contributed by atoms with van der Waals surface area (Å²) in [5.41, 5.74) is 2.13. The summed E-state index contributed by atoms with van der Waals surface area (Å²) >= 11 is 9.60. The van der Waals surface area contributed by atoms with Crippen molar-refractivity contribution in [1.82, 2.24) is 10.3 Å². The van der Waals surface area contributed by atoms with Crippen molar-refractivity contribution in [2.45, 2.75) is 26.2 Å². The average molecular weight is 446 g/mol. The third-order valence-corrected chi connectivity index (χ3v) is 7.02. The number of nitrogens with zero attached hydrogens (tertiary/aromatic N) is 2. The Balaban J connectivity index is 1.37. The molecule has 2 amide bonds. The Kier molecular flexibility index (Phi) is 5.99. The molecule has 3 aromatic rings. The first-order chi connectivity index (χ1) is 14.0. The number of benzene rings is 1. The summed E-state index contributed by atoms with van der Waals surface area (Å²) in [6, 6.07) is 9.23. The van der Waals surface area contributed by atoms with Gasteiger partial charge < -0.3 is 10.2 Å². The van der Waals surface area contributed by atoms with Crippen molar-refractivity contribution in [3.05, 3.63) is 56.2 Å². The van der Waals surface area contributed by atoms with E-state index in [4.69, 9.17) is 11.6 Å². The van der Waals surface area contributed by atoms with Crippen molar-refractivity contribution in [3.8, 4) is 10.6 Å². The number of halogens is 1. The van der Waals surface area contributed by atoms with Crippen LogP contribution in [0.4, 0.5) is 5.69 Å². The fourth-order valence-corrected chi connectivity index (χ4v) is 5.17. The van der Waals surface area contributed by atoms with Crippen molar-refractivity contribution in [2.75, 3.05) is 18.0 Å². The number of hydrogen-bond acceptors (Lipinski definition) is 5. The number of aromatic nitrogens is 1. The van der Waals surface area contributed by atoms with Gasteiger partial charge in [0, 0.05) is 35.3 Å². The molecule has 3 heterocycles. The molecule has 1 aromatic carbocycles. The van der Waals surface area contributed by atoms with Gasteiger partial charge in [0.2, 0.25) is 5.91 Å². The molecule has 1 aliphatic heterocycles. The van der Waals surface area contributed by atoms with Crippen LogP contribution in [0.2, 0.25) is 5.02 Å². The third kappa shape index (κ3) is 4.52. The van der Waals surface area contributed by atoms with E-state index in [9.17, 15) is 9.59 Å². The first-order valence-corrected chi connectivity index (χ1v) is 11.5. The molecule has 0 radical (unpaired) electrons. The number of hydrogen-bond donors (Lipinski definition) is 1. The van der Waals surface area contributed by atoms with E-state index in [2.05, 4.69) is 27.8 Å². The highest BCUT2D eigenvalue weighted by Crippen LogP contribution is 2.31. The Bertz CT molecular complexity index is 1060. The second-order valence-corrected chi connectivity index (χ2v) is 9.48. The highest BCUT2D eigenvalue weighted by molar-refractivity contribution is 7.16. The first-order valence-electron chi connectivity index (χ1n) is 9.40. The monoisotopic (exact) mass is 445 g/mol. The minimum atomic E-state index is -0.165. The van der Waals surface area contributed by atoms with E-state index in [0.717, 1.165) is 28.4 Å². The second-order valence-electron chi connectivity index (χ2n) is 6.84. The SMILES string of the molecule is Cc1nc(-c2ccc(CCNC(=O)c3ccc(Cl)c(N4CCCC4=O)c3)s2)cs1. The highest BCUT2D eigenvalue weighted by Gasteiger charge is 2.24. The molecule has 1 aliphatic rings. The maximum Gasteiger partial charge on any atom is 0.251 e. The standard InChI is InChI=1S/C21H20ClN3O2S2/c1-13-24-17(12-28-13)19-7-5-15(29-19)8-9-23-21(27)14-4-6-16(22)18(11-14)25-10-2-3-20(25)26/h4-7,11-12H,2-3,8-10H2,1H3,(H,23,27). The Morgan fingerprint density at radius 2 is 2.17 bits per heavy atom. The predicted molar refractivity (Wildman–Crippen MR) is 119 cm³/mol. The van der Waals surface area contributed by atoms with E-state index in [1.807, 2.05) is 6.92 Å². The van der Waals surface area contributed by atoms with Gasteiger partial charge in [0.25, 0.3) is 5.91 Å². The molecule has 1 fully saturated rings. The quantitative estimate of drug-likeness (QED) is 0.585. The molecular formula is C21H20ClN3O2S2. The predicted octanol–water partition coefficient (Wildman–Crippen LogP) is 4.93. The van der Waals surface area contributed by atoms with Gasteiger partial charge in [-0.05, 0) is 50.1 Å². The fraction of sp³-hybridized carbons (Fsp3) is 0.286. The minimum absolute atomic E-state index is 0.0493. The summed E-state index contributed by atoms with van der Waals surface area (Å²) in [7, 11) is 0. The van der Waals surface area contributed by atoms with Gasteiger partial charge in [0.1, 0.15) is 0 Å². The molecule has 0 aliphatic carbocycles. The zero-order valence-electron chi connectivity index (χ0n) is 15.9. The molecule has 0 bridgehead atoms. The van der Waals surface area contributed by atoms with Crippen LogP contribution in [0.1, 0.15) is 33.1 Å². The van der Waals surface area contributed by atoms with Crippen LogP contribution in [0.25, 0.3) is 10.6 Å². The molecule has 0 saturated carbocycles. The van der Waals surface area contributed by atoms with Crippen LogP contribution in [-0.2, 0) is 11.2 Å². The van der Waals surface area contributed by atoms with E-state index in [1.165, 1.54) is 4.88 Å². The van der Waals surface area contributed by atoms with Crippen molar-refractivity contribution in [2.24, 2.45) is 0 Å². The van der Waals surface area contributed by atoms with E-state index in [0.29, 0.717) is 35.8 Å². The molecule has 29 heavy (non-hydrogen) atoms. The number of aryl methyl sites for hydroxylation is 1. The van der Waals surface area contributed by atoms with Crippen LogP contribution in [0.15, 0.2) is 35.7 Å². The fourth-order valence-electron chi connectivity index (χ4n) is 3.29. The van der Waals surface area contributed by atoms with Crippen LogP contribution in [0.3, 0.4) is 0 Å². The number of thiazole rings is 1. The van der Waals surface area contributed by atoms with Gasteiger partial charge in [0.15, 0.2) is 0 Å². The molecule has 0 unspecified atom stereocenters. The number of amides is 2. The molecule has 4 rings (SSSR count). The molecule has 0 spiro atoms. The first kappa shape index (κ1) is 20.1. The van der Waals surface area contributed by atoms with Crippen molar-refractivity contribution in [3.63, 3.8) is 0 Å². The molecule has 5 nitrogen and oxygen atoms in total. The summed E-state index contributed by atoms with van der Waals surface area (Å²) in [5.74, 6) is -0.116. The number of carbonyl (C=O) groups is 2.